The van der Waals surface area contributed by atoms with Crippen LogP contribution in [0.15, 0.2) is 28.7 Å². The summed E-state index contributed by atoms with van der Waals surface area (Å²) in [7, 11) is 0. The van der Waals surface area contributed by atoms with Crippen molar-refractivity contribution in [2.75, 3.05) is 0 Å². The van der Waals surface area contributed by atoms with E-state index in [-0.39, 0.29) is 0 Å². The van der Waals surface area contributed by atoms with Gasteiger partial charge >= 0.3 is 0 Å². The van der Waals surface area contributed by atoms with Gasteiger partial charge in [-0.1, -0.05) is 60.2 Å². The highest BCUT2D eigenvalue weighted by molar-refractivity contribution is 9.10. The van der Waals surface area contributed by atoms with Crippen molar-refractivity contribution < 1.29 is 0 Å². The first-order valence-electron chi connectivity index (χ1n) is 6.74. The molecule has 2 aromatic heterocycles. The van der Waals surface area contributed by atoms with Gasteiger partial charge in [-0.2, -0.15) is 5.10 Å². The predicted molar refractivity (Wildman–Crippen MR) is 87.5 cm³/mol. The maximum atomic E-state index is 4.79. The molecule has 0 aliphatic carbocycles. The zero-order valence-electron chi connectivity index (χ0n) is 11.7. The lowest BCUT2D eigenvalue weighted by atomic mass is 10.1. The van der Waals surface area contributed by atoms with E-state index < -0.39 is 0 Å². The standard InChI is InChI=1S/C15H16BrN3S/c1-4-12-13(10-5-7-11(16)8-6-10)17-15-19(12)18-14(20-15)9(2)3/h5-9H,4H2,1-3H3. The second kappa shape index (κ2) is 5.30. The fourth-order valence-corrected chi connectivity index (χ4v) is 3.38. The molecule has 0 radical (unpaired) electrons. The van der Waals surface area contributed by atoms with Crippen molar-refractivity contribution in [3.8, 4) is 11.3 Å². The fourth-order valence-electron chi connectivity index (χ4n) is 2.19. The second-order valence-electron chi connectivity index (χ2n) is 5.06. The van der Waals surface area contributed by atoms with Crippen LogP contribution in [0.4, 0.5) is 0 Å². The van der Waals surface area contributed by atoms with Gasteiger partial charge in [0, 0.05) is 16.0 Å². The van der Waals surface area contributed by atoms with E-state index in [9.17, 15) is 0 Å². The van der Waals surface area contributed by atoms with E-state index in [4.69, 9.17) is 10.1 Å². The molecule has 104 valence electrons. The Kier molecular flexibility index (Phi) is 3.65. The molecule has 3 nitrogen and oxygen atoms in total. The predicted octanol–water partition coefficient (Wildman–Crippen LogP) is 4.91. The lowest BCUT2D eigenvalue weighted by molar-refractivity contribution is 0.782. The third-order valence-electron chi connectivity index (χ3n) is 3.26. The third-order valence-corrected chi connectivity index (χ3v) is 5.00. The third kappa shape index (κ3) is 2.29. The van der Waals surface area contributed by atoms with Gasteiger partial charge in [0.25, 0.3) is 0 Å². The summed E-state index contributed by atoms with van der Waals surface area (Å²) in [4.78, 5) is 5.78. The Morgan fingerprint density at radius 1 is 1.25 bits per heavy atom. The van der Waals surface area contributed by atoms with Gasteiger partial charge in [0.05, 0.1) is 11.4 Å². The molecule has 5 heteroatoms. The van der Waals surface area contributed by atoms with Crippen molar-refractivity contribution in [2.24, 2.45) is 0 Å². The van der Waals surface area contributed by atoms with Crippen LogP contribution in [0.5, 0.6) is 0 Å². The Balaban J connectivity index is 2.16. The van der Waals surface area contributed by atoms with Gasteiger partial charge in [-0.25, -0.2) is 9.50 Å². The number of aromatic nitrogens is 3. The molecule has 0 bridgehead atoms. The normalized spacial score (nSPS) is 11.7. The topological polar surface area (TPSA) is 30.2 Å². The number of imidazole rings is 1. The molecule has 0 unspecified atom stereocenters. The lowest BCUT2D eigenvalue weighted by Gasteiger charge is -2.02. The molecule has 0 N–H and O–H groups in total. The van der Waals surface area contributed by atoms with E-state index in [2.05, 4.69) is 61.0 Å². The van der Waals surface area contributed by atoms with Crippen molar-refractivity contribution >= 4 is 32.2 Å². The van der Waals surface area contributed by atoms with Crippen molar-refractivity contribution in [1.29, 1.82) is 0 Å². The van der Waals surface area contributed by atoms with Crippen LogP contribution in [-0.4, -0.2) is 14.6 Å². The molecule has 0 aliphatic rings. The molecule has 3 rings (SSSR count). The maximum absolute atomic E-state index is 4.79. The number of hydrogen-bond donors (Lipinski definition) is 0. The van der Waals surface area contributed by atoms with E-state index in [1.54, 1.807) is 11.3 Å². The number of nitrogens with zero attached hydrogens (tertiary/aromatic N) is 3. The maximum Gasteiger partial charge on any atom is 0.212 e. The highest BCUT2D eigenvalue weighted by Crippen LogP contribution is 2.30. The van der Waals surface area contributed by atoms with Gasteiger partial charge in [-0.05, 0) is 18.6 Å². The first kappa shape index (κ1) is 13.8. The van der Waals surface area contributed by atoms with E-state index in [1.165, 1.54) is 5.69 Å². The molecule has 0 atom stereocenters. The Hall–Kier alpha value is -1.20. The Labute approximate surface area is 130 Å². The van der Waals surface area contributed by atoms with Gasteiger partial charge in [0.2, 0.25) is 4.96 Å². The van der Waals surface area contributed by atoms with Crippen LogP contribution in [0.2, 0.25) is 0 Å². The molecule has 3 aromatic rings. The van der Waals surface area contributed by atoms with Crippen molar-refractivity contribution in [3.05, 3.63) is 39.4 Å². The molecule has 0 saturated carbocycles. The van der Waals surface area contributed by atoms with Crippen molar-refractivity contribution in [1.82, 2.24) is 14.6 Å². The average Bonchev–Trinajstić information content (AvgIpc) is 2.96. The molecule has 0 aliphatic heterocycles. The SMILES string of the molecule is CCc1c(-c2ccc(Br)cc2)nc2sc(C(C)C)nn12. The van der Waals surface area contributed by atoms with Crippen LogP contribution >= 0.6 is 27.3 Å². The van der Waals surface area contributed by atoms with Crippen molar-refractivity contribution in [3.63, 3.8) is 0 Å². The minimum Gasteiger partial charge on any atom is -0.217 e. The van der Waals surface area contributed by atoms with E-state index in [0.717, 1.165) is 32.1 Å². The molecule has 1 aromatic carbocycles. The van der Waals surface area contributed by atoms with Crippen LogP contribution < -0.4 is 0 Å². The highest BCUT2D eigenvalue weighted by atomic mass is 79.9. The van der Waals surface area contributed by atoms with Crippen LogP contribution in [0.1, 0.15) is 37.4 Å². The minimum atomic E-state index is 0.447. The summed E-state index contributed by atoms with van der Waals surface area (Å²) in [5, 5.41) is 5.85. The van der Waals surface area contributed by atoms with Gasteiger partial charge in [0.1, 0.15) is 5.01 Å². The molecule has 0 spiro atoms. The Bertz CT molecular complexity index is 740. The quantitative estimate of drug-likeness (QED) is 0.672. The molecule has 0 amide bonds. The zero-order chi connectivity index (χ0) is 14.3. The molecule has 20 heavy (non-hydrogen) atoms. The molecular formula is C15H16BrN3S. The summed E-state index contributed by atoms with van der Waals surface area (Å²) in [6.45, 7) is 6.49. The summed E-state index contributed by atoms with van der Waals surface area (Å²) >= 11 is 5.16. The van der Waals surface area contributed by atoms with Crippen LogP contribution in [0, 0.1) is 0 Å². The summed E-state index contributed by atoms with van der Waals surface area (Å²) in [6.07, 6.45) is 0.924. The van der Waals surface area contributed by atoms with Gasteiger partial charge in [-0.15, -0.1) is 0 Å². The van der Waals surface area contributed by atoms with Gasteiger partial charge in [0.15, 0.2) is 0 Å². The van der Waals surface area contributed by atoms with E-state index >= 15 is 0 Å². The smallest absolute Gasteiger partial charge is 0.212 e. The first-order chi connectivity index (χ1) is 9.60. The van der Waals surface area contributed by atoms with Crippen molar-refractivity contribution in [2.45, 2.75) is 33.1 Å². The summed E-state index contributed by atoms with van der Waals surface area (Å²) in [5.41, 5.74) is 3.38. The minimum absolute atomic E-state index is 0.447. The second-order valence-corrected chi connectivity index (χ2v) is 6.96. The Morgan fingerprint density at radius 2 is 1.95 bits per heavy atom. The first-order valence-corrected chi connectivity index (χ1v) is 8.35. The molecular weight excluding hydrogens is 334 g/mol. The molecule has 0 saturated heterocycles. The summed E-state index contributed by atoms with van der Waals surface area (Å²) in [6, 6.07) is 8.29. The van der Waals surface area contributed by atoms with Gasteiger partial charge in [-0.3, -0.25) is 0 Å². The molecule has 2 heterocycles. The fraction of sp³-hybridized carbons (Fsp3) is 0.333. The Morgan fingerprint density at radius 3 is 2.55 bits per heavy atom. The summed E-state index contributed by atoms with van der Waals surface area (Å²) in [5.74, 6) is 0.447. The largest absolute Gasteiger partial charge is 0.217 e. The number of hydrogen-bond acceptors (Lipinski definition) is 3. The van der Waals surface area contributed by atoms with E-state index in [0.29, 0.717) is 5.92 Å². The summed E-state index contributed by atoms with van der Waals surface area (Å²) < 4.78 is 3.10. The van der Waals surface area contributed by atoms with Crippen LogP contribution in [0.25, 0.3) is 16.2 Å². The number of halogens is 1. The van der Waals surface area contributed by atoms with E-state index in [1.807, 2.05) is 4.52 Å². The monoisotopic (exact) mass is 349 g/mol. The lowest BCUT2D eigenvalue weighted by Crippen LogP contribution is -1.96. The molecule has 0 fully saturated rings. The van der Waals surface area contributed by atoms with Crippen LogP contribution in [0.3, 0.4) is 0 Å². The number of aryl methyl sites for hydroxylation is 1. The number of rotatable bonds is 3. The average molecular weight is 350 g/mol. The van der Waals surface area contributed by atoms with Gasteiger partial charge < -0.3 is 0 Å². The number of benzene rings is 1. The van der Waals surface area contributed by atoms with Crippen LogP contribution in [-0.2, 0) is 6.42 Å². The highest BCUT2D eigenvalue weighted by Gasteiger charge is 2.17. The number of fused-ring (bicyclic) bond motifs is 1. The zero-order valence-corrected chi connectivity index (χ0v) is 14.1.